The first-order valence-electron chi connectivity index (χ1n) is 36.2. The van der Waals surface area contributed by atoms with Gasteiger partial charge < -0.3 is 14.2 Å². The minimum atomic E-state index is -0.766. The van der Waals surface area contributed by atoms with E-state index in [4.69, 9.17) is 14.2 Å². The number of hydrogen-bond acceptors (Lipinski definition) is 6. The predicted octanol–water partition coefficient (Wildman–Crippen LogP) is 24.8. The second-order valence-electron chi connectivity index (χ2n) is 24.9. The lowest BCUT2D eigenvalue weighted by Gasteiger charge is -2.18. The summed E-state index contributed by atoms with van der Waals surface area (Å²) in [4.78, 5) is 38.3. The molecule has 0 saturated heterocycles. The van der Waals surface area contributed by atoms with Crippen LogP contribution in [0.25, 0.3) is 0 Å². The zero-order valence-corrected chi connectivity index (χ0v) is 53.9. The van der Waals surface area contributed by atoms with Gasteiger partial charge in [0, 0.05) is 19.3 Å². The molecule has 6 nitrogen and oxygen atoms in total. The van der Waals surface area contributed by atoms with Gasteiger partial charge in [0.1, 0.15) is 13.2 Å². The molecular formula is C73H140O6. The molecule has 0 rings (SSSR count). The van der Waals surface area contributed by atoms with Gasteiger partial charge in [0.2, 0.25) is 0 Å². The summed E-state index contributed by atoms with van der Waals surface area (Å²) < 4.78 is 16.9. The van der Waals surface area contributed by atoms with E-state index in [1.165, 1.54) is 321 Å². The number of esters is 3. The summed E-state index contributed by atoms with van der Waals surface area (Å²) in [5.41, 5.74) is 0. The average molecular weight is 1110 g/mol. The van der Waals surface area contributed by atoms with E-state index in [2.05, 4.69) is 32.9 Å². The van der Waals surface area contributed by atoms with Crippen molar-refractivity contribution in [2.24, 2.45) is 0 Å². The molecule has 1 atom stereocenters. The molecule has 0 fully saturated rings. The Labute approximate surface area is 494 Å². The molecule has 0 radical (unpaired) electrons. The number of carbonyl (C=O) groups excluding carboxylic acids is 3. The normalized spacial score (nSPS) is 12.0. The third-order valence-electron chi connectivity index (χ3n) is 16.8. The SMILES string of the molecule is CCCCCCCCCC/C=C\CCCCCCCCCCCCCC(=O)OC(COC(=O)CCCCCCCCCCC)COC(=O)CCCCCCCCCCCCCCCCCCCCCCCCCCCCCCC. The second-order valence-corrected chi connectivity index (χ2v) is 24.9. The standard InChI is InChI=1S/C73H140O6/c1-4-7-10-13-16-19-21-23-25-27-29-31-33-34-35-36-37-38-40-41-43-45-47-49-51-54-57-60-63-66-72(75)78-69-70(68-77-71(74)65-62-59-56-53-18-15-12-9-6-3)79-73(76)67-64-61-58-55-52-50-48-46-44-42-39-32-30-28-26-24-22-20-17-14-11-8-5-2/h28,30,70H,4-27,29,31-69H2,1-3H3/b30-28-. The second kappa shape index (κ2) is 68.6. The maximum atomic E-state index is 12.9. The van der Waals surface area contributed by atoms with Crippen molar-refractivity contribution in [2.45, 2.75) is 425 Å². The van der Waals surface area contributed by atoms with Gasteiger partial charge in [-0.2, -0.15) is 0 Å². The summed E-state index contributed by atoms with van der Waals surface area (Å²) in [6.45, 7) is 6.71. The van der Waals surface area contributed by atoms with Crippen LogP contribution in [0.3, 0.4) is 0 Å². The highest BCUT2D eigenvalue weighted by atomic mass is 16.6. The maximum Gasteiger partial charge on any atom is 0.306 e. The summed E-state index contributed by atoms with van der Waals surface area (Å²) in [6, 6.07) is 0. The fourth-order valence-corrected chi connectivity index (χ4v) is 11.3. The minimum Gasteiger partial charge on any atom is -0.462 e. The van der Waals surface area contributed by atoms with Gasteiger partial charge in [0.05, 0.1) is 0 Å². The van der Waals surface area contributed by atoms with E-state index in [0.29, 0.717) is 19.3 Å². The number of carbonyl (C=O) groups is 3. The number of ether oxygens (including phenoxy) is 3. The number of allylic oxidation sites excluding steroid dienone is 2. The van der Waals surface area contributed by atoms with Crippen LogP contribution in [0.2, 0.25) is 0 Å². The summed E-state index contributed by atoms with van der Waals surface area (Å²) in [5, 5.41) is 0. The monoisotopic (exact) mass is 1110 g/mol. The van der Waals surface area contributed by atoms with Gasteiger partial charge in [-0.05, 0) is 44.9 Å². The van der Waals surface area contributed by atoms with Crippen molar-refractivity contribution < 1.29 is 28.6 Å². The highest BCUT2D eigenvalue weighted by Gasteiger charge is 2.19. The van der Waals surface area contributed by atoms with Crippen LogP contribution in [0.1, 0.15) is 419 Å². The van der Waals surface area contributed by atoms with Gasteiger partial charge in [-0.15, -0.1) is 0 Å². The molecule has 0 heterocycles. The molecule has 0 aliphatic carbocycles. The quantitative estimate of drug-likeness (QED) is 0.0261. The number of unbranched alkanes of at least 4 members (excludes halogenated alkanes) is 55. The van der Waals surface area contributed by atoms with Crippen LogP contribution >= 0.6 is 0 Å². The first kappa shape index (κ1) is 77.2. The first-order valence-corrected chi connectivity index (χ1v) is 36.2. The molecule has 0 aromatic heterocycles. The van der Waals surface area contributed by atoms with E-state index in [-0.39, 0.29) is 31.1 Å². The Morgan fingerprint density at radius 3 is 0.633 bits per heavy atom. The van der Waals surface area contributed by atoms with Crippen LogP contribution in [-0.4, -0.2) is 37.2 Å². The first-order chi connectivity index (χ1) is 39.0. The molecule has 0 aliphatic rings. The molecule has 0 aromatic rings. The third-order valence-corrected chi connectivity index (χ3v) is 16.8. The Hall–Kier alpha value is -1.85. The zero-order chi connectivity index (χ0) is 57.1. The van der Waals surface area contributed by atoms with Gasteiger partial charge in [-0.25, -0.2) is 0 Å². The molecule has 0 spiro atoms. The lowest BCUT2D eigenvalue weighted by atomic mass is 10.0. The van der Waals surface area contributed by atoms with Gasteiger partial charge in [-0.3, -0.25) is 14.4 Å². The predicted molar refractivity (Wildman–Crippen MR) is 344 cm³/mol. The summed E-state index contributed by atoms with van der Waals surface area (Å²) in [5.74, 6) is -0.834. The van der Waals surface area contributed by atoms with Gasteiger partial charge >= 0.3 is 17.9 Å². The van der Waals surface area contributed by atoms with Crippen molar-refractivity contribution in [3.8, 4) is 0 Å². The summed E-state index contributed by atoms with van der Waals surface area (Å²) in [6.07, 6.45) is 82.7. The van der Waals surface area contributed by atoms with Crippen LogP contribution in [0.5, 0.6) is 0 Å². The average Bonchev–Trinajstić information content (AvgIpc) is 3.45. The van der Waals surface area contributed by atoms with E-state index in [0.717, 1.165) is 57.8 Å². The van der Waals surface area contributed by atoms with Crippen LogP contribution in [0, 0.1) is 0 Å². The Kier molecular flexibility index (Phi) is 67.0. The van der Waals surface area contributed by atoms with Crippen molar-refractivity contribution in [3.05, 3.63) is 12.2 Å². The lowest BCUT2D eigenvalue weighted by Crippen LogP contribution is -2.30. The summed E-state index contributed by atoms with van der Waals surface area (Å²) >= 11 is 0. The van der Waals surface area contributed by atoms with Crippen LogP contribution in [0.15, 0.2) is 12.2 Å². The smallest absolute Gasteiger partial charge is 0.306 e. The van der Waals surface area contributed by atoms with Crippen LogP contribution < -0.4 is 0 Å². The van der Waals surface area contributed by atoms with Crippen molar-refractivity contribution in [1.29, 1.82) is 0 Å². The molecule has 0 aromatic carbocycles. The molecule has 0 amide bonds. The highest BCUT2D eigenvalue weighted by molar-refractivity contribution is 5.71. The molecule has 1 unspecified atom stereocenters. The van der Waals surface area contributed by atoms with Crippen LogP contribution in [-0.2, 0) is 28.6 Å². The third kappa shape index (κ3) is 66.8. The largest absolute Gasteiger partial charge is 0.462 e. The Morgan fingerprint density at radius 1 is 0.241 bits per heavy atom. The Bertz CT molecular complexity index is 1230. The van der Waals surface area contributed by atoms with Gasteiger partial charge in [0.25, 0.3) is 0 Å². The topological polar surface area (TPSA) is 78.9 Å². The van der Waals surface area contributed by atoms with Gasteiger partial charge in [0.15, 0.2) is 6.10 Å². The minimum absolute atomic E-state index is 0.0636. The van der Waals surface area contributed by atoms with Gasteiger partial charge in [-0.1, -0.05) is 367 Å². The molecule has 0 saturated carbocycles. The lowest BCUT2D eigenvalue weighted by molar-refractivity contribution is -0.167. The van der Waals surface area contributed by atoms with E-state index in [1.807, 2.05) is 0 Å². The van der Waals surface area contributed by atoms with Crippen molar-refractivity contribution in [2.75, 3.05) is 13.2 Å². The van der Waals surface area contributed by atoms with Crippen molar-refractivity contribution in [1.82, 2.24) is 0 Å². The zero-order valence-electron chi connectivity index (χ0n) is 53.9. The Morgan fingerprint density at radius 2 is 0.418 bits per heavy atom. The molecule has 6 heteroatoms. The number of hydrogen-bond donors (Lipinski definition) is 0. The summed E-state index contributed by atoms with van der Waals surface area (Å²) in [7, 11) is 0. The van der Waals surface area contributed by atoms with Crippen LogP contribution in [0.4, 0.5) is 0 Å². The fraction of sp³-hybridized carbons (Fsp3) is 0.932. The highest BCUT2D eigenvalue weighted by Crippen LogP contribution is 2.19. The van der Waals surface area contributed by atoms with Crippen molar-refractivity contribution >= 4 is 17.9 Å². The molecule has 0 bridgehead atoms. The maximum absolute atomic E-state index is 12.9. The molecule has 0 N–H and O–H groups in total. The Balaban J connectivity index is 4.06. The van der Waals surface area contributed by atoms with E-state index >= 15 is 0 Å². The molecular weight excluding hydrogens is 973 g/mol. The van der Waals surface area contributed by atoms with E-state index in [1.54, 1.807) is 0 Å². The fourth-order valence-electron chi connectivity index (χ4n) is 11.3. The van der Waals surface area contributed by atoms with Crippen molar-refractivity contribution in [3.63, 3.8) is 0 Å². The van der Waals surface area contributed by atoms with E-state index in [9.17, 15) is 14.4 Å². The molecule has 468 valence electrons. The molecule has 79 heavy (non-hydrogen) atoms. The number of rotatable bonds is 68. The van der Waals surface area contributed by atoms with E-state index < -0.39 is 6.10 Å². The molecule has 0 aliphatic heterocycles.